The van der Waals surface area contributed by atoms with E-state index in [1.165, 1.54) is 23.4 Å². The lowest BCUT2D eigenvalue weighted by Gasteiger charge is -2.20. The largest absolute Gasteiger partial charge is 0.395 e. The first kappa shape index (κ1) is 16.1. The number of nitro groups is 1. The second-order valence-corrected chi connectivity index (χ2v) is 4.26. The highest BCUT2D eigenvalue weighted by molar-refractivity contribution is 5.76. The van der Waals surface area contributed by atoms with Gasteiger partial charge < -0.3 is 15.1 Å². The second kappa shape index (κ2) is 6.96. The summed E-state index contributed by atoms with van der Waals surface area (Å²) in [6.07, 6.45) is 0. The molecule has 1 amide bonds. The number of hydrogen-bond acceptors (Lipinski definition) is 6. The molecule has 112 valence electrons. The molecule has 1 rings (SSSR count). The molecule has 2 N–H and O–H groups in total. The first-order chi connectivity index (χ1) is 9.42. The van der Waals surface area contributed by atoms with Crippen LogP contribution in [0.15, 0.2) is 0 Å². The fourth-order valence-corrected chi connectivity index (χ4v) is 1.94. The van der Waals surface area contributed by atoms with Crippen LogP contribution in [-0.4, -0.2) is 62.0 Å². The van der Waals surface area contributed by atoms with Crippen LogP contribution < -0.4 is 0 Å². The number of carbonyl (C=O) groups is 1. The average molecular weight is 286 g/mol. The molecule has 1 heterocycles. The first-order valence-electron chi connectivity index (χ1n) is 6.10. The molecule has 0 radical (unpaired) electrons. The van der Waals surface area contributed by atoms with Gasteiger partial charge in [-0.05, 0) is 13.8 Å². The van der Waals surface area contributed by atoms with Gasteiger partial charge in [0.15, 0.2) is 0 Å². The third kappa shape index (κ3) is 3.52. The Balaban J connectivity index is 2.90. The summed E-state index contributed by atoms with van der Waals surface area (Å²) in [7, 11) is 0. The second-order valence-electron chi connectivity index (χ2n) is 4.26. The van der Waals surface area contributed by atoms with E-state index >= 15 is 0 Å². The van der Waals surface area contributed by atoms with Crippen molar-refractivity contribution in [3.63, 3.8) is 0 Å². The highest BCUT2D eigenvalue weighted by Crippen LogP contribution is 2.21. The zero-order valence-electron chi connectivity index (χ0n) is 11.4. The molecular formula is C11H18N4O5. The SMILES string of the molecule is Cc1nn(CC(=O)N(CCO)CCO)c(C)c1[N+](=O)[O-]. The van der Waals surface area contributed by atoms with Crippen molar-refractivity contribution in [1.82, 2.24) is 14.7 Å². The number of rotatable bonds is 7. The number of nitrogens with zero attached hydrogens (tertiary/aromatic N) is 4. The van der Waals surface area contributed by atoms with E-state index in [4.69, 9.17) is 10.2 Å². The van der Waals surface area contributed by atoms with Gasteiger partial charge >= 0.3 is 5.69 Å². The quantitative estimate of drug-likeness (QED) is 0.501. The zero-order valence-corrected chi connectivity index (χ0v) is 11.4. The molecular weight excluding hydrogens is 268 g/mol. The molecule has 1 aromatic heterocycles. The van der Waals surface area contributed by atoms with Gasteiger partial charge in [-0.15, -0.1) is 0 Å². The highest BCUT2D eigenvalue weighted by atomic mass is 16.6. The molecule has 0 aliphatic rings. The number of hydrogen-bond donors (Lipinski definition) is 2. The van der Waals surface area contributed by atoms with Gasteiger partial charge in [0.05, 0.1) is 18.1 Å². The van der Waals surface area contributed by atoms with Crippen molar-refractivity contribution in [2.75, 3.05) is 26.3 Å². The summed E-state index contributed by atoms with van der Waals surface area (Å²) in [4.78, 5) is 23.6. The van der Waals surface area contributed by atoms with Crippen molar-refractivity contribution in [2.45, 2.75) is 20.4 Å². The molecule has 0 saturated carbocycles. The topological polar surface area (TPSA) is 122 Å². The van der Waals surface area contributed by atoms with Crippen molar-refractivity contribution in [2.24, 2.45) is 0 Å². The molecule has 20 heavy (non-hydrogen) atoms. The number of aliphatic hydroxyl groups is 2. The predicted octanol–water partition coefficient (Wildman–Crippen LogP) is -0.779. The molecule has 0 aliphatic carbocycles. The molecule has 1 aromatic rings. The minimum absolute atomic E-state index is 0.0980. The number of aryl methyl sites for hydroxylation is 1. The minimum Gasteiger partial charge on any atom is -0.395 e. The molecule has 0 spiro atoms. The maximum absolute atomic E-state index is 12.0. The predicted molar refractivity (Wildman–Crippen MR) is 69.1 cm³/mol. The zero-order chi connectivity index (χ0) is 15.3. The van der Waals surface area contributed by atoms with Gasteiger partial charge in [0.2, 0.25) is 5.91 Å². The van der Waals surface area contributed by atoms with Crippen molar-refractivity contribution >= 4 is 11.6 Å². The van der Waals surface area contributed by atoms with Crippen LogP contribution in [0.4, 0.5) is 5.69 Å². The van der Waals surface area contributed by atoms with E-state index in [9.17, 15) is 14.9 Å². The summed E-state index contributed by atoms with van der Waals surface area (Å²) in [5.41, 5.74) is 0.443. The number of aliphatic hydroxyl groups excluding tert-OH is 2. The Morgan fingerprint density at radius 1 is 1.35 bits per heavy atom. The van der Waals surface area contributed by atoms with Gasteiger partial charge in [-0.25, -0.2) is 0 Å². The lowest BCUT2D eigenvalue weighted by Crippen LogP contribution is -2.38. The highest BCUT2D eigenvalue weighted by Gasteiger charge is 2.23. The van der Waals surface area contributed by atoms with Gasteiger partial charge in [0, 0.05) is 13.1 Å². The maximum Gasteiger partial charge on any atom is 0.312 e. The standard InChI is InChI=1S/C11H18N4O5/c1-8-11(15(19)20)9(2)14(12-8)7-10(18)13(3-5-16)4-6-17/h16-17H,3-7H2,1-2H3. The Kier molecular flexibility index (Phi) is 5.59. The van der Waals surface area contributed by atoms with E-state index < -0.39 is 4.92 Å². The van der Waals surface area contributed by atoms with Crippen LogP contribution in [0, 0.1) is 24.0 Å². The number of aromatic nitrogens is 2. The lowest BCUT2D eigenvalue weighted by molar-refractivity contribution is -0.386. The summed E-state index contributed by atoms with van der Waals surface area (Å²) < 4.78 is 1.26. The molecule has 9 heteroatoms. The van der Waals surface area contributed by atoms with Crippen LogP contribution in [0.25, 0.3) is 0 Å². The summed E-state index contributed by atoms with van der Waals surface area (Å²) in [6, 6.07) is 0. The van der Waals surface area contributed by atoms with Crippen LogP contribution in [0.3, 0.4) is 0 Å². The molecule has 0 fully saturated rings. The van der Waals surface area contributed by atoms with Gasteiger partial charge in [-0.2, -0.15) is 5.10 Å². The fourth-order valence-electron chi connectivity index (χ4n) is 1.94. The van der Waals surface area contributed by atoms with E-state index in [2.05, 4.69) is 5.10 Å². The molecule has 9 nitrogen and oxygen atoms in total. The molecule has 0 unspecified atom stereocenters. The van der Waals surface area contributed by atoms with Crippen molar-refractivity contribution in [1.29, 1.82) is 0 Å². The normalized spacial score (nSPS) is 10.6. The molecule has 0 aliphatic heterocycles. The minimum atomic E-state index is -0.530. The lowest BCUT2D eigenvalue weighted by atomic mass is 10.3. The summed E-state index contributed by atoms with van der Waals surface area (Å²) in [5, 5.41) is 32.6. The fraction of sp³-hybridized carbons (Fsp3) is 0.636. The first-order valence-corrected chi connectivity index (χ1v) is 6.10. The average Bonchev–Trinajstić information content (AvgIpc) is 2.64. The van der Waals surface area contributed by atoms with Crippen LogP contribution in [-0.2, 0) is 11.3 Å². The maximum atomic E-state index is 12.0. The smallest absolute Gasteiger partial charge is 0.312 e. The summed E-state index contributed by atoms with van der Waals surface area (Å²) in [6.45, 7) is 2.62. The van der Waals surface area contributed by atoms with E-state index in [0.29, 0.717) is 5.69 Å². The Morgan fingerprint density at radius 3 is 2.30 bits per heavy atom. The summed E-state index contributed by atoms with van der Waals surface area (Å²) in [5.74, 6) is -0.367. The van der Waals surface area contributed by atoms with Crippen LogP contribution in [0.1, 0.15) is 11.4 Å². The van der Waals surface area contributed by atoms with E-state index in [-0.39, 0.29) is 50.1 Å². The van der Waals surface area contributed by atoms with Gasteiger partial charge in [-0.1, -0.05) is 0 Å². The number of amides is 1. The summed E-state index contributed by atoms with van der Waals surface area (Å²) >= 11 is 0. The van der Waals surface area contributed by atoms with Crippen molar-refractivity contribution in [3.8, 4) is 0 Å². The van der Waals surface area contributed by atoms with Crippen LogP contribution >= 0.6 is 0 Å². The van der Waals surface area contributed by atoms with Crippen LogP contribution in [0.5, 0.6) is 0 Å². The molecule has 0 atom stereocenters. The van der Waals surface area contributed by atoms with E-state index in [0.717, 1.165) is 0 Å². The van der Waals surface area contributed by atoms with Crippen LogP contribution in [0.2, 0.25) is 0 Å². The van der Waals surface area contributed by atoms with Crippen molar-refractivity contribution < 1.29 is 19.9 Å². The van der Waals surface area contributed by atoms with Gasteiger partial charge in [0.25, 0.3) is 0 Å². The Bertz CT molecular complexity index is 493. The monoisotopic (exact) mass is 286 g/mol. The third-order valence-electron chi connectivity index (χ3n) is 2.90. The van der Waals surface area contributed by atoms with Gasteiger partial charge in [0.1, 0.15) is 17.9 Å². The number of carbonyl (C=O) groups excluding carboxylic acids is 1. The van der Waals surface area contributed by atoms with E-state index in [1.807, 2.05) is 0 Å². The van der Waals surface area contributed by atoms with E-state index in [1.54, 1.807) is 0 Å². The Morgan fingerprint density at radius 2 is 1.90 bits per heavy atom. The Hall–Kier alpha value is -2.00. The third-order valence-corrected chi connectivity index (χ3v) is 2.90. The van der Waals surface area contributed by atoms with Crippen molar-refractivity contribution in [3.05, 3.63) is 21.5 Å². The van der Waals surface area contributed by atoms with Gasteiger partial charge in [-0.3, -0.25) is 19.6 Å². The Labute approximate surface area is 115 Å². The molecule has 0 aromatic carbocycles. The molecule has 0 saturated heterocycles. The molecule has 0 bridgehead atoms.